The Morgan fingerprint density at radius 1 is 1.28 bits per heavy atom. The molecule has 0 saturated carbocycles. The molecule has 1 unspecified atom stereocenters. The van der Waals surface area contributed by atoms with Crippen molar-refractivity contribution in [3.05, 3.63) is 17.5 Å². The summed E-state index contributed by atoms with van der Waals surface area (Å²) in [7, 11) is 3.26. The van der Waals surface area contributed by atoms with Crippen molar-refractivity contribution >= 4 is 5.78 Å². The minimum atomic E-state index is 0.492. The SMILES string of the molecule is COc1cc(OC)n2c3c(nc2n1)C(C)CCC3. The fraction of sp³-hybridized carbons (Fsp3) is 0.538. The maximum atomic E-state index is 5.43. The number of nitrogens with zero attached hydrogens (tertiary/aromatic N) is 3. The van der Waals surface area contributed by atoms with Crippen LogP contribution in [0.2, 0.25) is 0 Å². The van der Waals surface area contributed by atoms with Crippen LogP contribution in [0.3, 0.4) is 0 Å². The molecule has 0 aromatic carbocycles. The number of hydrogen-bond donors (Lipinski definition) is 0. The molecule has 0 N–H and O–H groups in total. The van der Waals surface area contributed by atoms with E-state index in [0.717, 1.165) is 18.0 Å². The van der Waals surface area contributed by atoms with Crippen LogP contribution in [-0.4, -0.2) is 28.6 Å². The number of imidazole rings is 1. The van der Waals surface area contributed by atoms with Gasteiger partial charge in [-0.25, -0.2) is 4.98 Å². The Morgan fingerprint density at radius 2 is 2.11 bits per heavy atom. The molecule has 5 nitrogen and oxygen atoms in total. The quantitative estimate of drug-likeness (QED) is 0.816. The van der Waals surface area contributed by atoms with Crippen molar-refractivity contribution in [1.29, 1.82) is 0 Å². The van der Waals surface area contributed by atoms with Crippen molar-refractivity contribution in [2.24, 2.45) is 0 Å². The van der Waals surface area contributed by atoms with E-state index >= 15 is 0 Å². The highest BCUT2D eigenvalue weighted by Gasteiger charge is 2.24. The lowest BCUT2D eigenvalue weighted by atomic mass is 9.91. The predicted octanol–water partition coefficient (Wildman–Crippen LogP) is 2.19. The van der Waals surface area contributed by atoms with E-state index in [4.69, 9.17) is 9.47 Å². The highest BCUT2D eigenvalue weighted by Crippen LogP contribution is 2.33. The van der Waals surface area contributed by atoms with Crippen LogP contribution in [0.15, 0.2) is 6.07 Å². The van der Waals surface area contributed by atoms with Crippen LogP contribution < -0.4 is 9.47 Å². The summed E-state index contributed by atoms with van der Waals surface area (Å²) in [5, 5.41) is 0. The minimum Gasteiger partial charge on any atom is -0.482 e. The number of ether oxygens (including phenoxy) is 2. The van der Waals surface area contributed by atoms with Crippen LogP contribution in [0.5, 0.6) is 11.8 Å². The number of rotatable bonds is 2. The second kappa shape index (κ2) is 4.15. The smallest absolute Gasteiger partial charge is 0.240 e. The van der Waals surface area contributed by atoms with E-state index in [1.165, 1.54) is 18.5 Å². The minimum absolute atomic E-state index is 0.492. The van der Waals surface area contributed by atoms with E-state index in [2.05, 4.69) is 16.9 Å². The standard InChI is InChI=1S/C13H17N3O2/c1-8-5-4-6-9-12(8)15-13-14-10(17-2)7-11(18-3)16(9)13/h7-8H,4-6H2,1-3H3. The number of fused-ring (bicyclic) bond motifs is 3. The molecular formula is C13H17N3O2. The molecule has 0 amide bonds. The largest absolute Gasteiger partial charge is 0.482 e. The van der Waals surface area contributed by atoms with E-state index < -0.39 is 0 Å². The van der Waals surface area contributed by atoms with Gasteiger partial charge >= 0.3 is 0 Å². The highest BCUT2D eigenvalue weighted by molar-refractivity contribution is 5.45. The summed E-state index contributed by atoms with van der Waals surface area (Å²) in [5.41, 5.74) is 2.39. The molecule has 0 saturated heterocycles. The molecule has 1 aliphatic carbocycles. The van der Waals surface area contributed by atoms with Crippen molar-refractivity contribution in [1.82, 2.24) is 14.4 Å². The van der Waals surface area contributed by atoms with Gasteiger partial charge in [-0.2, -0.15) is 4.98 Å². The Morgan fingerprint density at radius 3 is 2.83 bits per heavy atom. The second-order valence-electron chi connectivity index (χ2n) is 4.71. The van der Waals surface area contributed by atoms with Gasteiger partial charge in [-0.1, -0.05) is 6.92 Å². The fourth-order valence-electron chi connectivity index (χ4n) is 2.67. The first-order valence-electron chi connectivity index (χ1n) is 6.25. The molecule has 2 aromatic rings. The molecule has 2 heterocycles. The Kier molecular flexibility index (Phi) is 2.61. The first kappa shape index (κ1) is 11.3. The highest BCUT2D eigenvalue weighted by atomic mass is 16.5. The average Bonchev–Trinajstić information content (AvgIpc) is 2.77. The molecule has 3 rings (SSSR count). The summed E-state index contributed by atoms with van der Waals surface area (Å²) in [6.45, 7) is 2.22. The third kappa shape index (κ3) is 1.54. The van der Waals surface area contributed by atoms with Gasteiger partial charge in [-0.3, -0.25) is 4.40 Å². The lowest BCUT2D eigenvalue weighted by molar-refractivity contribution is 0.368. The normalized spacial score (nSPS) is 18.7. The van der Waals surface area contributed by atoms with Gasteiger partial charge in [0.2, 0.25) is 17.5 Å². The Labute approximate surface area is 106 Å². The molecule has 0 aliphatic heterocycles. The van der Waals surface area contributed by atoms with Crippen molar-refractivity contribution in [2.75, 3.05) is 14.2 Å². The van der Waals surface area contributed by atoms with Gasteiger partial charge in [0.15, 0.2) is 0 Å². The molecule has 96 valence electrons. The van der Waals surface area contributed by atoms with Crippen LogP contribution in [0, 0.1) is 0 Å². The van der Waals surface area contributed by atoms with Crippen molar-refractivity contribution in [2.45, 2.75) is 32.1 Å². The summed E-state index contributed by atoms with van der Waals surface area (Å²) >= 11 is 0. The van der Waals surface area contributed by atoms with Crippen molar-refractivity contribution in [3.8, 4) is 11.8 Å². The van der Waals surface area contributed by atoms with Gasteiger partial charge in [0.25, 0.3) is 0 Å². The molecule has 18 heavy (non-hydrogen) atoms. The lowest BCUT2D eigenvalue weighted by Crippen LogP contribution is -2.09. The summed E-state index contributed by atoms with van der Waals surface area (Å²) in [5.74, 6) is 2.44. The van der Waals surface area contributed by atoms with Crippen LogP contribution in [0.4, 0.5) is 0 Å². The zero-order valence-electron chi connectivity index (χ0n) is 10.9. The maximum Gasteiger partial charge on any atom is 0.240 e. The zero-order valence-corrected chi connectivity index (χ0v) is 10.9. The van der Waals surface area contributed by atoms with Crippen LogP contribution >= 0.6 is 0 Å². The van der Waals surface area contributed by atoms with E-state index in [-0.39, 0.29) is 0 Å². The molecule has 1 aliphatic rings. The van der Waals surface area contributed by atoms with E-state index in [9.17, 15) is 0 Å². The average molecular weight is 247 g/mol. The van der Waals surface area contributed by atoms with Crippen LogP contribution in [0.1, 0.15) is 37.1 Å². The number of hydrogen-bond acceptors (Lipinski definition) is 4. The summed E-state index contributed by atoms with van der Waals surface area (Å²) in [6.07, 6.45) is 3.42. The van der Waals surface area contributed by atoms with Gasteiger partial charge in [0.1, 0.15) is 0 Å². The molecule has 5 heteroatoms. The van der Waals surface area contributed by atoms with Crippen molar-refractivity contribution in [3.63, 3.8) is 0 Å². The maximum absolute atomic E-state index is 5.43. The Hall–Kier alpha value is -1.78. The topological polar surface area (TPSA) is 48.7 Å². The van der Waals surface area contributed by atoms with E-state index in [1.54, 1.807) is 20.3 Å². The van der Waals surface area contributed by atoms with Gasteiger partial charge < -0.3 is 9.47 Å². The second-order valence-corrected chi connectivity index (χ2v) is 4.71. The summed E-state index contributed by atoms with van der Waals surface area (Å²) in [6, 6.07) is 1.80. The first-order valence-corrected chi connectivity index (χ1v) is 6.25. The monoisotopic (exact) mass is 247 g/mol. The van der Waals surface area contributed by atoms with Crippen molar-refractivity contribution < 1.29 is 9.47 Å². The summed E-state index contributed by atoms with van der Waals surface area (Å²) in [4.78, 5) is 9.03. The summed E-state index contributed by atoms with van der Waals surface area (Å²) < 4.78 is 12.6. The molecular weight excluding hydrogens is 230 g/mol. The zero-order chi connectivity index (χ0) is 12.7. The predicted molar refractivity (Wildman–Crippen MR) is 67.4 cm³/mol. The van der Waals surface area contributed by atoms with Gasteiger partial charge in [0.05, 0.1) is 31.7 Å². The van der Waals surface area contributed by atoms with Gasteiger partial charge in [-0.15, -0.1) is 0 Å². The number of aryl methyl sites for hydroxylation is 1. The molecule has 0 fully saturated rings. The molecule has 2 aromatic heterocycles. The van der Waals surface area contributed by atoms with E-state index in [1.807, 2.05) is 4.40 Å². The Balaban J connectivity index is 2.30. The molecule has 0 radical (unpaired) electrons. The first-order chi connectivity index (χ1) is 8.74. The fourth-order valence-corrected chi connectivity index (χ4v) is 2.67. The van der Waals surface area contributed by atoms with Crippen LogP contribution in [-0.2, 0) is 6.42 Å². The lowest BCUT2D eigenvalue weighted by Gasteiger charge is -2.17. The number of aromatic nitrogens is 3. The molecule has 0 bridgehead atoms. The van der Waals surface area contributed by atoms with Crippen LogP contribution in [0.25, 0.3) is 5.78 Å². The molecule has 0 spiro atoms. The number of methoxy groups -OCH3 is 2. The third-order valence-electron chi connectivity index (χ3n) is 3.60. The van der Waals surface area contributed by atoms with Gasteiger partial charge in [-0.05, 0) is 19.3 Å². The molecule has 1 atom stereocenters. The van der Waals surface area contributed by atoms with E-state index in [0.29, 0.717) is 17.6 Å². The Bertz CT molecular complexity index is 591. The third-order valence-corrected chi connectivity index (χ3v) is 3.60. The van der Waals surface area contributed by atoms with Gasteiger partial charge in [0, 0.05) is 5.92 Å².